The Morgan fingerprint density at radius 1 is 1.16 bits per heavy atom. The van der Waals surface area contributed by atoms with Gasteiger partial charge in [-0.2, -0.15) is 0 Å². The molecule has 8 heteroatoms. The Morgan fingerprint density at radius 2 is 1.96 bits per heavy atom. The standard InChI is InChI=1S/C17H17F3N4O/c1-24-14-6-3-2-5-13(14)23-16(24)7-4-10-21-15-9-8-12(11-22-15)25-17(18,19)20/h2-3,5-6,8-9,11H,4,7,10H2,1H3,(H,21,22). The average Bonchev–Trinajstić information content (AvgIpc) is 2.88. The molecule has 0 atom stereocenters. The normalized spacial score (nSPS) is 11.7. The van der Waals surface area contributed by atoms with E-state index in [4.69, 9.17) is 0 Å². The third-order valence-corrected chi connectivity index (χ3v) is 3.73. The monoisotopic (exact) mass is 350 g/mol. The molecule has 3 aromatic rings. The maximum absolute atomic E-state index is 12.1. The molecule has 1 N–H and O–H groups in total. The van der Waals surface area contributed by atoms with Crippen LogP contribution in [0.3, 0.4) is 0 Å². The highest BCUT2D eigenvalue weighted by atomic mass is 19.4. The minimum Gasteiger partial charge on any atom is -0.404 e. The van der Waals surface area contributed by atoms with Crippen LogP contribution >= 0.6 is 0 Å². The Hall–Kier alpha value is -2.77. The first-order valence-corrected chi connectivity index (χ1v) is 7.78. The number of alkyl halides is 3. The van der Waals surface area contributed by atoms with Crippen molar-refractivity contribution in [3.05, 3.63) is 48.4 Å². The van der Waals surface area contributed by atoms with Crippen molar-refractivity contribution in [3.63, 3.8) is 0 Å². The second kappa shape index (κ2) is 7.00. The first kappa shape index (κ1) is 17.1. The third-order valence-electron chi connectivity index (χ3n) is 3.73. The second-order valence-corrected chi connectivity index (χ2v) is 5.53. The summed E-state index contributed by atoms with van der Waals surface area (Å²) < 4.78 is 42.1. The van der Waals surface area contributed by atoms with Crippen LogP contribution in [0.5, 0.6) is 5.75 Å². The molecule has 0 aliphatic carbocycles. The topological polar surface area (TPSA) is 52.0 Å². The summed E-state index contributed by atoms with van der Waals surface area (Å²) in [6.45, 7) is 0.635. The fraction of sp³-hybridized carbons (Fsp3) is 0.294. The van der Waals surface area contributed by atoms with Crippen molar-refractivity contribution < 1.29 is 17.9 Å². The Balaban J connectivity index is 1.50. The Kier molecular flexibility index (Phi) is 4.78. The number of nitrogens with zero attached hydrogens (tertiary/aromatic N) is 3. The number of benzene rings is 1. The number of hydrogen-bond acceptors (Lipinski definition) is 4. The number of aryl methyl sites for hydroxylation is 2. The first-order valence-electron chi connectivity index (χ1n) is 7.78. The van der Waals surface area contributed by atoms with Crippen molar-refractivity contribution in [1.82, 2.24) is 14.5 Å². The highest BCUT2D eigenvalue weighted by Crippen LogP contribution is 2.22. The Bertz CT molecular complexity index is 843. The quantitative estimate of drug-likeness (QED) is 0.685. The number of imidazole rings is 1. The van der Waals surface area contributed by atoms with E-state index < -0.39 is 6.36 Å². The second-order valence-electron chi connectivity index (χ2n) is 5.53. The van der Waals surface area contributed by atoms with Crippen LogP contribution in [-0.2, 0) is 13.5 Å². The van der Waals surface area contributed by atoms with Crippen LogP contribution in [0.15, 0.2) is 42.6 Å². The molecule has 0 bridgehead atoms. The number of pyridine rings is 1. The van der Waals surface area contributed by atoms with Gasteiger partial charge >= 0.3 is 6.36 Å². The number of aromatic nitrogens is 3. The highest BCUT2D eigenvalue weighted by molar-refractivity contribution is 5.75. The molecule has 2 heterocycles. The van der Waals surface area contributed by atoms with Gasteiger partial charge in [0.05, 0.1) is 17.2 Å². The van der Waals surface area contributed by atoms with E-state index >= 15 is 0 Å². The molecular weight excluding hydrogens is 333 g/mol. The lowest BCUT2D eigenvalue weighted by Crippen LogP contribution is -2.17. The number of para-hydroxylation sites is 2. The predicted molar refractivity (Wildman–Crippen MR) is 88.4 cm³/mol. The van der Waals surface area contributed by atoms with Gasteiger partial charge in [-0.1, -0.05) is 12.1 Å². The fourth-order valence-electron chi connectivity index (χ4n) is 2.56. The minimum atomic E-state index is -4.71. The van der Waals surface area contributed by atoms with E-state index in [1.54, 1.807) is 0 Å². The molecule has 25 heavy (non-hydrogen) atoms. The lowest BCUT2D eigenvalue weighted by molar-refractivity contribution is -0.274. The molecule has 0 unspecified atom stereocenters. The largest absolute Gasteiger partial charge is 0.573 e. The summed E-state index contributed by atoms with van der Waals surface area (Å²) in [7, 11) is 1.99. The molecule has 0 spiro atoms. The molecule has 132 valence electrons. The summed E-state index contributed by atoms with van der Waals surface area (Å²) in [5.74, 6) is 1.15. The molecule has 0 aliphatic rings. The zero-order chi connectivity index (χ0) is 17.9. The number of halogens is 3. The molecule has 0 saturated carbocycles. The maximum Gasteiger partial charge on any atom is 0.573 e. The van der Waals surface area contributed by atoms with Gasteiger partial charge < -0.3 is 14.6 Å². The third kappa shape index (κ3) is 4.40. The van der Waals surface area contributed by atoms with Crippen LogP contribution in [0.25, 0.3) is 11.0 Å². The highest BCUT2D eigenvalue weighted by Gasteiger charge is 2.31. The lowest BCUT2D eigenvalue weighted by atomic mass is 10.3. The van der Waals surface area contributed by atoms with Crippen molar-refractivity contribution in [3.8, 4) is 5.75 Å². The summed E-state index contributed by atoms with van der Waals surface area (Å²) in [5.41, 5.74) is 2.06. The Labute approximate surface area is 142 Å². The number of anilines is 1. The molecule has 0 amide bonds. The number of fused-ring (bicyclic) bond motifs is 1. The van der Waals surface area contributed by atoms with E-state index in [1.807, 2.05) is 31.3 Å². The number of nitrogens with one attached hydrogen (secondary N) is 1. The van der Waals surface area contributed by atoms with E-state index in [-0.39, 0.29) is 5.75 Å². The van der Waals surface area contributed by atoms with Gasteiger partial charge in [0.2, 0.25) is 0 Å². The summed E-state index contributed by atoms with van der Waals surface area (Å²) in [4.78, 5) is 8.50. The van der Waals surface area contributed by atoms with Gasteiger partial charge in [0.25, 0.3) is 0 Å². The molecule has 0 radical (unpaired) electrons. The Morgan fingerprint density at radius 3 is 2.64 bits per heavy atom. The maximum atomic E-state index is 12.1. The van der Waals surface area contributed by atoms with E-state index in [2.05, 4.69) is 24.6 Å². The van der Waals surface area contributed by atoms with E-state index in [0.29, 0.717) is 12.4 Å². The smallest absolute Gasteiger partial charge is 0.404 e. The van der Waals surface area contributed by atoms with Crippen molar-refractivity contribution in [2.75, 3.05) is 11.9 Å². The molecule has 5 nitrogen and oxygen atoms in total. The lowest BCUT2D eigenvalue weighted by Gasteiger charge is -2.09. The molecule has 0 saturated heterocycles. The molecular formula is C17H17F3N4O. The van der Waals surface area contributed by atoms with Gasteiger partial charge in [0, 0.05) is 20.0 Å². The summed E-state index contributed by atoms with van der Waals surface area (Å²) in [6, 6.07) is 10.6. The van der Waals surface area contributed by atoms with Crippen LogP contribution in [-0.4, -0.2) is 27.4 Å². The van der Waals surface area contributed by atoms with Crippen molar-refractivity contribution in [2.45, 2.75) is 19.2 Å². The molecule has 2 aromatic heterocycles. The number of ether oxygens (including phenoxy) is 1. The minimum absolute atomic E-state index is 0.335. The van der Waals surface area contributed by atoms with Gasteiger partial charge in [0.1, 0.15) is 17.4 Å². The van der Waals surface area contributed by atoms with Crippen LogP contribution < -0.4 is 10.1 Å². The van der Waals surface area contributed by atoms with Gasteiger partial charge in [-0.15, -0.1) is 13.2 Å². The fourth-order valence-corrected chi connectivity index (χ4v) is 2.56. The van der Waals surface area contributed by atoms with Crippen molar-refractivity contribution in [2.24, 2.45) is 7.05 Å². The molecule has 0 aliphatic heterocycles. The van der Waals surface area contributed by atoms with Gasteiger partial charge in [-0.25, -0.2) is 9.97 Å². The SMILES string of the molecule is Cn1c(CCCNc2ccc(OC(F)(F)F)cn2)nc2ccccc21. The number of hydrogen-bond donors (Lipinski definition) is 1. The van der Waals surface area contributed by atoms with Gasteiger partial charge in [-0.3, -0.25) is 0 Å². The zero-order valence-corrected chi connectivity index (χ0v) is 13.5. The van der Waals surface area contributed by atoms with Crippen molar-refractivity contribution >= 4 is 16.9 Å². The van der Waals surface area contributed by atoms with Crippen LogP contribution in [0.1, 0.15) is 12.2 Å². The van der Waals surface area contributed by atoms with Crippen molar-refractivity contribution in [1.29, 1.82) is 0 Å². The zero-order valence-electron chi connectivity index (χ0n) is 13.5. The van der Waals surface area contributed by atoms with E-state index in [9.17, 15) is 13.2 Å². The van der Waals surface area contributed by atoms with E-state index in [1.165, 1.54) is 12.1 Å². The van der Waals surface area contributed by atoms with Crippen LogP contribution in [0.2, 0.25) is 0 Å². The summed E-state index contributed by atoms with van der Waals surface area (Å²) in [5, 5.41) is 3.07. The average molecular weight is 350 g/mol. The van der Waals surface area contributed by atoms with Gasteiger partial charge in [0.15, 0.2) is 0 Å². The van der Waals surface area contributed by atoms with Crippen LogP contribution in [0, 0.1) is 0 Å². The van der Waals surface area contributed by atoms with E-state index in [0.717, 1.165) is 35.9 Å². The molecule has 0 fully saturated rings. The number of rotatable bonds is 6. The molecule has 3 rings (SSSR count). The van der Waals surface area contributed by atoms with Crippen LogP contribution in [0.4, 0.5) is 19.0 Å². The van der Waals surface area contributed by atoms with Gasteiger partial charge in [-0.05, 0) is 30.7 Å². The summed E-state index contributed by atoms with van der Waals surface area (Å²) >= 11 is 0. The summed E-state index contributed by atoms with van der Waals surface area (Å²) in [6.07, 6.45) is -2.06. The molecule has 1 aromatic carbocycles. The predicted octanol–water partition coefficient (Wildman–Crippen LogP) is 3.91. The first-order chi connectivity index (χ1) is 11.9.